The normalized spacial score (nSPS) is 12.2. The molecule has 1 aromatic carbocycles. The van der Waals surface area contributed by atoms with Crippen LogP contribution in [0.1, 0.15) is 17.4 Å². The minimum atomic E-state index is -0.879. The van der Waals surface area contributed by atoms with Crippen molar-refractivity contribution in [3.63, 3.8) is 0 Å². The van der Waals surface area contributed by atoms with Gasteiger partial charge in [0.15, 0.2) is 0 Å². The Hall–Kier alpha value is -1.10. The Balaban J connectivity index is 2.44. The number of nitrogens with zero attached hydrogens (tertiary/aromatic N) is 1. The van der Waals surface area contributed by atoms with E-state index in [1.54, 1.807) is 43.6 Å². The summed E-state index contributed by atoms with van der Waals surface area (Å²) in [6.07, 6.45) is 0.733. The molecule has 1 aromatic heterocycles. The van der Waals surface area contributed by atoms with E-state index in [-0.39, 0.29) is 0 Å². The molecule has 0 aliphatic rings. The second-order valence-corrected chi connectivity index (χ2v) is 5.05. The molecule has 0 saturated carbocycles. The van der Waals surface area contributed by atoms with Crippen LogP contribution in [0.2, 0.25) is 5.02 Å². The Morgan fingerprint density at radius 3 is 2.83 bits per heavy atom. The van der Waals surface area contributed by atoms with Crippen LogP contribution < -0.4 is 4.74 Å². The molecule has 0 amide bonds. The summed E-state index contributed by atoms with van der Waals surface area (Å²) in [5, 5.41) is 10.9. The molecule has 1 atom stereocenters. The van der Waals surface area contributed by atoms with Gasteiger partial charge >= 0.3 is 0 Å². The molecule has 0 fully saturated rings. The van der Waals surface area contributed by atoms with Crippen LogP contribution in [0.15, 0.2) is 41.0 Å². The van der Waals surface area contributed by atoms with Crippen LogP contribution in [-0.4, -0.2) is 17.2 Å². The molecule has 2 aromatic rings. The van der Waals surface area contributed by atoms with E-state index in [1.165, 1.54) is 0 Å². The van der Waals surface area contributed by atoms with Gasteiger partial charge in [-0.2, -0.15) is 0 Å². The van der Waals surface area contributed by atoms with Crippen molar-refractivity contribution in [3.8, 4) is 5.75 Å². The van der Waals surface area contributed by atoms with Crippen molar-refractivity contribution >= 4 is 27.5 Å². The molecule has 18 heavy (non-hydrogen) atoms. The van der Waals surface area contributed by atoms with Gasteiger partial charge in [-0.25, -0.2) is 0 Å². The van der Waals surface area contributed by atoms with Crippen LogP contribution in [0.25, 0.3) is 0 Å². The van der Waals surface area contributed by atoms with Crippen LogP contribution in [0, 0.1) is 0 Å². The maximum atomic E-state index is 10.3. The molecule has 1 heterocycles. The van der Waals surface area contributed by atoms with Crippen LogP contribution in [-0.2, 0) is 0 Å². The third-order valence-corrected chi connectivity index (χ3v) is 3.16. The lowest BCUT2D eigenvalue weighted by atomic mass is 10.1. The topological polar surface area (TPSA) is 42.4 Å². The van der Waals surface area contributed by atoms with E-state index in [1.807, 2.05) is 0 Å². The Kier molecular flexibility index (Phi) is 4.22. The Morgan fingerprint density at radius 1 is 1.39 bits per heavy atom. The highest BCUT2D eigenvalue weighted by molar-refractivity contribution is 9.10. The first-order valence-corrected chi connectivity index (χ1v) is 6.42. The minimum absolute atomic E-state index is 0.467. The average Bonchev–Trinajstić information content (AvgIpc) is 2.36. The summed E-state index contributed by atoms with van der Waals surface area (Å²) < 4.78 is 5.99. The molecule has 0 radical (unpaired) electrons. The Morgan fingerprint density at radius 2 is 2.17 bits per heavy atom. The van der Waals surface area contributed by atoms with Crippen LogP contribution >= 0.6 is 27.5 Å². The van der Waals surface area contributed by atoms with Crippen LogP contribution in [0.3, 0.4) is 0 Å². The molecule has 3 nitrogen and oxygen atoms in total. The monoisotopic (exact) mass is 327 g/mol. The van der Waals surface area contributed by atoms with Crippen molar-refractivity contribution in [1.82, 2.24) is 4.98 Å². The van der Waals surface area contributed by atoms with E-state index in [4.69, 9.17) is 16.3 Å². The van der Waals surface area contributed by atoms with Gasteiger partial charge in [0, 0.05) is 15.7 Å². The van der Waals surface area contributed by atoms with Gasteiger partial charge in [0.25, 0.3) is 0 Å². The molecule has 0 saturated heterocycles. The van der Waals surface area contributed by atoms with E-state index in [2.05, 4.69) is 20.9 Å². The number of halogens is 2. The third kappa shape index (κ3) is 2.83. The maximum absolute atomic E-state index is 10.3. The molecule has 94 valence electrons. The number of ether oxygens (including phenoxy) is 1. The second kappa shape index (κ2) is 5.69. The van der Waals surface area contributed by atoms with E-state index < -0.39 is 6.10 Å². The molecular formula is C13H11BrClNO2. The van der Waals surface area contributed by atoms with Crippen molar-refractivity contribution in [2.24, 2.45) is 0 Å². The number of benzene rings is 1. The number of pyridine rings is 1. The molecule has 0 spiro atoms. The fourth-order valence-electron chi connectivity index (χ4n) is 1.67. The molecule has 5 heteroatoms. The zero-order chi connectivity index (χ0) is 13.1. The van der Waals surface area contributed by atoms with E-state index in [0.717, 1.165) is 4.47 Å². The van der Waals surface area contributed by atoms with Gasteiger partial charge in [-0.3, -0.25) is 4.98 Å². The quantitative estimate of drug-likeness (QED) is 0.936. The second-order valence-electron chi connectivity index (χ2n) is 3.70. The summed E-state index contributed by atoms with van der Waals surface area (Å²) in [6.45, 7) is 0. The van der Waals surface area contributed by atoms with Crippen molar-refractivity contribution in [2.75, 3.05) is 7.11 Å². The summed E-state index contributed by atoms with van der Waals surface area (Å²) in [5.74, 6) is 0.543. The SMILES string of the molecule is COc1cccnc1C(O)c1cc(Cl)cc(Br)c1. The molecule has 1 unspecified atom stereocenters. The van der Waals surface area contributed by atoms with Gasteiger partial charge in [-0.15, -0.1) is 0 Å². The number of rotatable bonds is 3. The van der Waals surface area contributed by atoms with Gasteiger partial charge in [-0.1, -0.05) is 27.5 Å². The van der Waals surface area contributed by atoms with Crippen molar-refractivity contribution in [3.05, 3.63) is 57.3 Å². The van der Waals surface area contributed by atoms with Gasteiger partial charge in [0.05, 0.1) is 7.11 Å². The number of aliphatic hydroxyl groups excluding tert-OH is 1. The predicted molar refractivity (Wildman–Crippen MR) is 74.0 cm³/mol. The zero-order valence-corrected chi connectivity index (χ0v) is 11.9. The van der Waals surface area contributed by atoms with Gasteiger partial charge in [0.2, 0.25) is 0 Å². The number of hydrogen-bond acceptors (Lipinski definition) is 3. The van der Waals surface area contributed by atoms with Gasteiger partial charge < -0.3 is 9.84 Å². The molecule has 0 bridgehead atoms. The molecule has 0 aliphatic heterocycles. The molecule has 1 N–H and O–H groups in total. The largest absolute Gasteiger partial charge is 0.495 e. The number of aromatic nitrogens is 1. The third-order valence-electron chi connectivity index (χ3n) is 2.48. The maximum Gasteiger partial charge on any atom is 0.143 e. The van der Waals surface area contributed by atoms with E-state index in [9.17, 15) is 5.11 Å². The van der Waals surface area contributed by atoms with Gasteiger partial charge in [0.1, 0.15) is 17.5 Å². The fraction of sp³-hybridized carbons (Fsp3) is 0.154. The number of aliphatic hydroxyl groups is 1. The standard InChI is InChI=1S/C13H11BrClNO2/c1-18-11-3-2-4-16-12(11)13(17)8-5-9(14)7-10(15)6-8/h2-7,13,17H,1H3. The summed E-state index contributed by atoms with van der Waals surface area (Å²) in [4.78, 5) is 4.15. The summed E-state index contributed by atoms with van der Waals surface area (Å²) in [7, 11) is 1.54. The number of hydrogen-bond donors (Lipinski definition) is 1. The lowest BCUT2D eigenvalue weighted by Crippen LogP contribution is -2.04. The average molecular weight is 329 g/mol. The van der Waals surface area contributed by atoms with Crippen molar-refractivity contribution in [2.45, 2.75) is 6.10 Å². The predicted octanol–water partition coefficient (Wildman–Crippen LogP) is 3.59. The zero-order valence-electron chi connectivity index (χ0n) is 9.60. The van der Waals surface area contributed by atoms with E-state index >= 15 is 0 Å². The minimum Gasteiger partial charge on any atom is -0.495 e. The van der Waals surface area contributed by atoms with Crippen LogP contribution in [0.5, 0.6) is 5.75 Å². The highest BCUT2D eigenvalue weighted by Crippen LogP contribution is 2.31. The first kappa shape index (κ1) is 13.3. The fourth-order valence-corrected chi connectivity index (χ4v) is 2.56. The van der Waals surface area contributed by atoms with Crippen molar-refractivity contribution < 1.29 is 9.84 Å². The highest BCUT2D eigenvalue weighted by atomic mass is 79.9. The highest BCUT2D eigenvalue weighted by Gasteiger charge is 2.17. The van der Waals surface area contributed by atoms with Crippen LogP contribution in [0.4, 0.5) is 0 Å². The molecule has 0 aliphatic carbocycles. The first-order valence-electron chi connectivity index (χ1n) is 5.25. The lowest BCUT2D eigenvalue weighted by molar-refractivity contribution is 0.209. The Bertz CT molecular complexity index is 542. The number of methoxy groups -OCH3 is 1. The molecule has 2 rings (SSSR count). The summed E-state index contributed by atoms with van der Waals surface area (Å²) in [6, 6.07) is 8.76. The smallest absolute Gasteiger partial charge is 0.143 e. The summed E-state index contributed by atoms with van der Waals surface area (Å²) >= 11 is 9.30. The first-order chi connectivity index (χ1) is 8.61. The molecular weight excluding hydrogens is 318 g/mol. The summed E-state index contributed by atoms with van der Waals surface area (Å²) in [5.41, 5.74) is 1.13. The van der Waals surface area contributed by atoms with Gasteiger partial charge in [-0.05, 0) is 35.9 Å². The van der Waals surface area contributed by atoms with Crippen molar-refractivity contribution in [1.29, 1.82) is 0 Å². The lowest BCUT2D eigenvalue weighted by Gasteiger charge is -2.14. The van der Waals surface area contributed by atoms with E-state index in [0.29, 0.717) is 22.0 Å². The Labute approximate surface area is 119 Å².